The summed E-state index contributed by atoms with van der Waals surface area (Å²) in [4.78, 5) is 25.1. The van der Waals surface area contributed by atoms with Crippen LogP contribution in [0, 0.1) is 5.82 Å². The van der Waals surface area contributed by atoms with Crippen molar-refractivity contribution < 1.29 is 13.6 Å². The Labute approximate surface area is 169 Å². The number of halogens is 1. The smallest absolute Gasteiger partial charge is 0.223 e. The van der Waals surface area contributed by atoms with Crippen molar-refractivity contribution in [3.8, 4) is 11.3 Å². The van der Waals surface area contributed by atoms with Crippen LogP contribution in [0.3, 0.4) is 0 Å². The molecule has 150 valence electrons. The van der Waals surface area contributed by atoms with Crippen molar-refractivity contribution in [2.24, 2.45) is 0 Å². The SMILES string of the molecule is O=C(CCc1ncc(-c2ccccc2F)o1)N1CCN(Cc2cccnc2)CC1. The van der Waals surface area contributed by atoms with E-state index in [2.05, 4.69) is 20.9 Å². The van der Waals surface area contributed by atoms with Crippen LogP contribution in [0.25, 0.3) is 11.3 Å². The molecule has 6 nitrogen and oxygen atoms in total. The fourth-order valence-corrected chi connectivity index (χ4v) is 3.49. The van der Waals surface area contributed by atoms with Gasteiger partial charge in [0.15, 0.2) is 11.7 Å². The second-order valence-corrected chi connectivity index (χ2v) is 7.12. The van der Waals surface area contributed by atoms with E-state index in [0.717, 1.165) is 19.6 Å². The molecule has 2 aromatic heterocycles. The highest BCUT2D eigenvalue weighted by molar-refractivity contribution is 5.76. The Hall–Kier alpha value is -3.06. The van der Waals surface area contributed by atoms with Crippen molar-refractivity contribution in [3.05, 3.63) is 72.3 Å². The number of aryl methyl sites for hydroxylation is 1. The summed E-state index contributed by atoms with van der Waals surface area (Å²) in [5.74, 6) is 0.577. The number of oxazole rings is 1. The molecule has 1 aromatic carbocycles. The first-order chi connectivity index (χ1) is 14.2. The molecular formula is C22H23FN4O2. The molecule has 29 heavy (non-hydrogen) atoms. The van der Waals surface area contributed by atoms with Crippen LogP contribution in [0.15, 0.2) is 59.4 Å². The van der Waals surface area contributed by atoms with Crippen molar-refractivity contribution in [1.82, 2.24) is 19.8 Å². The Morgan fingerprint density at radius 1 is 1.07 bits per heavy atom. The molecule has 0 saturated carbocycles. The van der Waals surface area contributed by atoms with Gasteiger partial charge in [-0.1, -0.05) is 18.2 Å². The molecule has 1 fully saturated rings. The molecule has 0 N–H and O–H groups in total. The third-order valence-corrected chi connectivity index (χ3v) is 5.10. The maximum atomic E-state index is 13.9. The number of aromatic nitrogens is 2. The predicted molar refractivity (Wildman–Crippen MR) is 106 cm³/mol. The number of carbonyl (C=O) groups is 1. The van der Waals surface area contributed by atoms with Crippen LogP contribution in [0.4, 0.5) is 4.39 Å². The molecule has 0 unspecified atom stereocenters. The first kappa shape index (κ1) is 19.3. The zero-order valence-electron chi connectivity index (χ0n) is 16.1. The lowest BCUT2D eigenvalue weighted by molar-refractivity contribution is -0.133. The zero-order chi connectivity index (χ0) is 20.1. The Kier molecular flexibility index (Phi) is 5.95. The summed E-state index contributed by atoms with van der Waals surface area (Å²) in [6, 6.07) is 10.4. The number of nitrogens with zero attached hydrogens (tertiary/aromatic N) is 4. The van der Waals surface area contributed by atoms with E-state index >= 15 is 0 Å². The lowest BCUT2D eigenvalue weighted by Gasteiger charge is -2.34. The average Bonchev–Trinajstić information content (AvgIpc) is 3.22. The summed E-state index contributed by atoms with van der Waals surface area (Å²) in [5.41, 5.74) is 1.56. The van der Waals surface area contributed by atoms with E-state index < -0.39 is 0 Å². The predicted octanol–water partition coefficient (Wildman–Crippen LogP) is 3.15. The third kappa shape index (κ3) is 4.86. The van der Waals surface area contributed by atoms with E-state index in [1.807, 2.05) is 17.2 Å². The van der Waals surface area contributed by atoms with E-state index in [4.69, 9.17) is 4.42 Å². The molecular weight excluding hydrogens is 371 g/mol. The summed E-state index contributed by atoms with van der Waals surface area (Å²) in [6.07, 6.45) is 5.90. The highest BCUT2D eigenvalue weighted by atomic mass is 19.1. The van der Waals surface area contributed by atoms with E-state index in [9.17, 15) is 9.18 Å². The minimum absolute atomic E-state index is 0.0941. The fourth-order valence-electron chi connectivity index (χ4n) is 3.49. The van der Waals surface area contributed by atoms with Crippen molar-refractivity contribution >= 4 is 5.91 Å². The highest BCUT2D eigenvalue weighted by Crippen LogP contribution is 2.23. The molecule has 3 heterocycles. The standard InChI is InChI=1S/C22H23FN4O2/c23-19-6-2-1-5-18(19)20-15-25-21(29-20)7-8-22(28)27-12-10-26(11-13-27)16-17-4-3-9-24-14-17/h1-6,9,14-15H,7-8,10-13,16H2. The molecule has 1 amide bonds. The third-order valence-electron chi connectivity index (χ3n) is 5.10. The van der Waals surface area contributed by atoms with Gasteiger partial charge in [0, 0.05) is 58.0 Å². The number of benzene rings is 1. The summed E-state index contributed by atoms with van der Waals surface area (Å²) in [6.45, 7) is 3.97. The summed E-state index contributed by atoms with van der Waals surface area (Å²) in [5, 5.41) is 0. The maximum absolute atomic E-state index is 13.9. The van der Waals surface area contributed by atoms with Crippen molar-refractivity contribution in [2.75, 3.05) is 26.2 Å². The van der Waals surface area contributed by atoms with Crippen molar-refractivity contribution in [3.63, 3.8) is 0 Å². The lowest BCUT2D eigenvalue weighted by atomic mass is 10.2. The van der Waals surface area contributed by atoms with Gasteiger partial charge in [0.2, 0.25) is 5.91 Å². The minimum atomic E-state index is -0.351. The molecule has 1 aliphatic heterocycles. The molecule has 0 spiro atoms. The van der Waals surface area contributed by atoms with E-state index in [1.165, 1.54) is 17.8 Å². The fraction of sp³-hybridized carbons (Fsp3) is 0.318. The van der Waals surface area contributed by atoms with Crippen molar-refractivity contribution in [2.45, 2.75) is 19.4 Å². The van der Waals surface area contributed by atoms with E-state index in [-0.39, 0.29) is 11.7 Å². The van der Waals surface area contributed by atoms with Crippen LogP contribution in [-0.2, 0) is 17.8 Å². The van der Waals surface area contributed by atoms with Crippen molar-refractivity contribution in [1.29, 1.82) is 0 Å². The van der Waals surface area contributed by atoms with Gasteiger partial charge in [-0.25, -0.2) is 9.37 Å². The Bertz CT molecular complexity index is 952. The summed E-state index contributed by atoms with van der Waals surface area (Å²) in [7, 11) is 0. The average molecular weight is 394 g/mol. The van der Waals surface area contributed by atoms with E-state index in [1.54, 1.807) is 24.4 Å². The monoisotopic (exact) mass is 394 g/mol. The highest BCUT2D eigenvalue weighted by Gasteiger charge is 2.21. The molecule has 4 rings (SSSR count). The van der Waals surface area contributed by atoms with E-state index in [0.29, 0.717) is 43.1 Å². The van der Waals surface area contributed by atoms with Crippen LogP contribution in [0.2, 0.25) is 0 Å². The molecule has 0 radical (unpaired) electrons. The first-order valence-corrected chi connectivity index (χ1v) is 9.78. The van der Waals surface area contributed by atoms with Crippen LogP contribution >= 0.6 is 0 Å². The molecule has 0 atom stereocenters. The normalized spacial score (nSPS) is 14.9. The van der Waals surface area contributed by atoms with Gasteiger partial charge < -0.3 is 9.32 Å². The Morgan fingerprint density at radius 3 is 2.66 bits per heavy atom. The maximum Gasteiger partial charge on any atom is 0.223 e. The number of hydrogen-bond acceptors (Lipinski definition) is 5. The van der Waals surface area contributed by atoms with Gasteiger partial charge in [0.1, 0.15) is 5.82 Å². The summed E-state index contributed by atoms with van der Waals surface area (Å²) < 4.78 is 19.5. The van der Waals surface area contributed by atoms with Gasteiger partial charge in [-0.05, 0) is 23.8 Å². The quantitative estimate of drug-likeness (QED) is 0.643. The van der Waals surface area contributed by atoms with Gasteiger partial charge >= 0.3 is 0 Å². The van der Waals surface area contributed by atoms with Gasteiger partial charge in [0.05, 0.1) is 11.8 Å². The topological polar surface area (TPSA) is 62.5 Å². The van der Waals surface area contributed by atoms with Gasteiger partial charge in [-0.2, -0.15) is 0 Å². The molecule has 3 aromatic rings. The Morgan fingerprint density at radius 2 is 1.90 bits per heavy atom. The zero-order valence-corrected chi connectivity index (χ0v) is 16.1. The number of piperazine rings is 1. The second-order valence-electron chi connectivity index (χ2n) is 7.12. The number of amides is 1. The largest absolute Gasteiger partial charge is 0.441 e. The Balaban J connectivity index is 1.25. The van der Waals surface area contributed by atoms with Crippen LogP contribution in [0.5, 0.6) is 0 Å². The lowest BCUT2D eigenvalue weighted by Crippen LogP contribution is -2.48. The van der Waals surface area contributed by atoms with Gasteiger partial charge in [-0.3, -0.25) is 14.7 Å². The second kappa shape index (κ2) is 8.96. The van der Waals surface area contributed by atoms with Crippen LogP contribution in [-0.4, -0.2) is 51.9 Å². The number of hydrogen-bond donors (Lipinski definition) is 0. The minimum Gasteiger partial charge on any atom is -0.441 e. The molecule has 7 heteroatoms. The summed E-state index contributed by atoms with van der Waals surface area (Å²) >= 11 is 0. The van der Waals surface area contributed by atoms with Gasteiger partial charge in [-0.15, -0.1) is 0 Å². The van der Waals surface area contributed by atoms with Crippen LogP contribution in [0.1, 0.15) is 17.9 Å². The molecule has 0 bridgehead atoms. The molecule has 0 aliphatic carbocycles. The molecule has 1 saturated heterocycles. The number of pyridine rings is 1. The number of carbonyl (C=O) groups excluding carboxylic acids is 1. The number of rotatable bonds is 6. The molecule has 1 aliphatic rings. The van der Waals surface area contributed by atoms with Gasteiger partial charge in [0.25, 0.3) is 0 Å². The van der Waals surface area contributed by atoms with Crippen LogP contribution < -0.4 is 0 Å². The first-order valence-electron chi connectivity index (χ1n) is 9.78.